The van der Waals surface area contributed by atoms with Gasteiger partial charge in [-0.05, 0) is 36.2 Å². The third-order valence-electron chi connectivity index (χ3n) is 3.10. The Labute approximate surface area is 129 Å². The van der Waals surface area contributed by atoms with Crippen molar-refractivity contribution in [3.8, 4) is 5.75 Å². The van der Waals surface area contributed by atoms with Crippen LogP contribution in [0.5, 0.6) is 5.75 Å². The van der Waals surface area contributed by atoms with Crippen LogP contribution in [0.4, 0.5) is 10.1 Å². The second-order valence-corrected chi connectivity index (χ2v) is 4.85. The molecule has 0 aliphatic carbocycles. The summed E-state index contributed by atoms with van der Waals surface area (Å²) in [5.74, 6) is 0.311. The van der Waals surface area contributed by atoms with E-state index < -0.39 is 12.7 Å². The molecule has 3 N–H and O–H groups in total. The minimum absolute atomic E-state index is 0.0215. The lowest BCUT2D eigenvalue weighted by atomic mass is 10.1. The smallest absolute Gasteiger partial charge is 0.241 e. The van der Waals surface area contributed by atoms with E-state index in [1.54, 1.807) is 24.3 Å². The molecule has 1 amide bonds. The van der Waals surface area contributed by atoms with E-state index in [1.807, 2.05) is 30.3 Å². The molecule has 0 bridgehead atoms. The maximum Gasteiger partial charge on any atom is 0.241 e. The molecule has 0 aliphatic rings. The summed E-state index contributed by atoms with van der Waals surface area (Å²) in [6.45, 7) is -0.513. The number of amides is 1. The summed E-state index contributed by atoms with van der Waals surface area (Å²) in [4.78, 5) is 12.1. The van der Waals surface area contributed by atoms with Crippen molar-refractivity contribution in [3.05, 3.63) is 60.2 Å². The van der Waals surface area contributed by atoms with Crippen LogP contribution < -0.4 is 15.8 Å². The average molecular weight is 302 g/mol. The molecule has 0 heterocycles. The number of benzene rings is 2. The van der Waals surface area contributed by atoms with Crippen LogP contribution in [0.15, 0.2) is 54.6 Å². The highest BCUT2D eigenvalue weighted by Gasteiger charge is 2.14. The number of hydrogen-bond donors (Lipinski definition) is 2. The van der Waals surface area contributed by atoms with Crippen LogP contribution in [0.2, 0.25) is 0 Å². The summed E-state index contributed by atoms with van der Waals surface area (Å²) in [5.41, 5.74) is 7.55. The lowest BCUT2D eigenvalue weighted by molar-refractivity contribution is -0.117. The molecule has 0 aliphatic heterocycles. The molecule has 0 saturated carbocycles. The predicted octanol–water partition coefficient (Wildman–Crippen LogP) is 2.54. The van der Waals surface area contributed by atoms with Gasteiger partial charge in [-0.25, -0.2) is 4.39 Å². The molecule has 22 heavy (non-hydrogen) atoms. The summed E-state index contributed by atoms with van der Waals surface area (Å²) in [5, 5.41) is 2.75. The highest BCUT2D eigenvalue weighted by Crippen LogP contribution is 2.16. The zero-order valence-electron chi connectivity index (χ0n) is 12.2. The van der Waals surface area contributed by atoms with Gasteiger partial charge >= 0.3 is 0 Å². The van der Waals surface area contributed by atoms with E-state index in [0.717, 1.165) is 5.56 Å². The third-order valence-corrected chi connectivity index (χ3v) is 3.10. The highest BCUT2D eigenvalue weighted by molar-refractivity contribution is 5.94. The monoisotopic (exact) mass is 302 g/mol. The summed E-state index contributed by atoms with van der Waals surface area (Å²) >= 11 is 0. The van der Waals surface area contributed by atoms with Gasteiger partial charge in [-0.3, -0.25) is 4.79 Å². The van der Waals surface area contributed by atoms with E-state index in [9.17, 15) is 9.18 Å². The van der Waals surface area contributed by atoms with Gasteiger partial charge in [0.25, 0.3) is 0 Å². The van der Waals surface area contributed by atoms with Crippen molar-refractivity contribution in [1.82, 2.24) is 0 Å². The lowest BCUT2D eigenvalue weighted by Crippen LogP contribution is -2.37. The standard InChI is InChI=1S/C17H19FN2O2/c18-10-11-22-15-8-6-14(7-9-15)20-17(21)16(19)12-13-4-2-1-3-5-13/h1-9,16H,10-12,19H2,(H,20,21). The quantitative estimate of drug-likeness (QED) is 0.826. The van der Waals surface area contributed by atoms with Gasteiger partial charge in [0.2, 0.25) is 5.91 Å². The number of carbonyl (C=O) groups is 1. The zero-order valence-corrected chi connectivity index (χ0v) is 12.2. The molecule has 2 rings (SSSR count). The number of nitrogens with one attached hydrogen (secondary N) is 1. The second-order valence-electron chi connectivity index (χ2n) is 4.85. The predicted molar refractivity (Wildman–Crippen MR) is 84.7 cm³/mol. The van der Waals surface area contributed by atoms with Crippen molar-refractivity contribution in [2.45, 2.75) is 12.5 Å². The lowest BCUT2D eigenvalue weighted by Gasteiger charge is -2.13. The molecule has 0 saturated heterocycles. The van der Waals surface area contributed by atoms with Gasteiger partial charge in [0.15, 0.2) is 0 Å². The van der Waals surface area contributed by atoms with Crippen LogP contribution in [-0.4, -0.2) is 25.2 Å². The molecule has 2 aromatic rings. The fourth-order valence-electron chi connectivity index (χ4n) is 1.99. The molecule has 4 nitrogen and oxygen atoms in total. The van der Waals surface area contributed by atoms with Crippen LogP contribution in [-0.2, 0) is 11.2 Å². The SMILES string of the molecule is NC(Cc1ccccc1)C(=O)Nc1ccc(OCCF)cc1. The Morgan fingerprint density at radius 1 is 1.14 bits per heavy atom. The molecule has 0 fully saturated rings. The van der Waals surface area contributed by atoms with Crippen molar-refractivity contribution in [2.75, 3.05) is 18.6 Å². The van der Waals surface area contributed by atoms with Crippen LogP contribution in [0.1, 0.15) is 5.56 Å². The normalized spacial score (nSPS) is 11.7. The number of nitrogens with two attached hydrogens (primary N) is 1. The summed E-state index contributed by atoms with van der Waals surface area (Å²) in [6, 6.07) is 15.7. The summed E-state index contributed by atoms with van der Waals surface area (Å²) in [7, 11) is 0. The van der Waals surface area contributed by atoms with Gasteiger partial charge in [0.1, 0.15) is 19.0 Å². The Balaban J connectivity index is 1.88. The molecular formula is C17H19FN2O2. The fourth-order valence-corrected chi connectivity index (χ4v) is 1.99. The Kier molecular flexibility index (Phi) is 5.91. The Morgan fingerprint density at radius 2 is 1.82 bits per heavy atom. The van der Waals surface area contributed by atoms with E-state index >= 15 is 0 Å². The van der Waals surface area contributed by atoms with Crippen molar-refractivity contribution >= 4 is 11.6 Å². The van der Waals surface area contributed by atoms with Crippen molar-refractivity contribution in [1.29, 1.82) is 0 Å². The van der Waals surface area contributed by atoms with Gasteiger partial charge in [-0.15, -0.1) is 0 Å². The van der Waals surface area contributed by atoms with Crippen LogP contribution >= 0.6 is 0 Å². The molecule has 1 unspecified atom stereocenters. The highest BCUT2D eigenvalue weighted by atomic mass is 19.1. The molecule has 1 atom stereocenters. The summed E-state index contributed by atoms with van der Waals surface area (Å²) < 4.78 is 17.1. The van der Waals surface area contributed by atoms with E-state index in [1.165, 1.54) is 0 Å². The molecule has 5 heteroatoms. The second kappa shape index (κ2) is 8.14. The maximum atomic E-state index is 12.1. The van der Waals surface area contributed by atoms with E-state index in [-0.39, 0.29) is 12.5 Å². The van der Waals surface area contributed by atoms with Crippen molar-refractivity contribution < 1.29 is 13.9 Å². The molecule has 0 spiro atoms. The first kappa shape index (κ1) is 16.0. The largest absolute Gasteiger partial charge is 0.491 e. The van der Waals surface area contributed by atoms with Gasteiger partial charge < -0.3 is 15.8 Å². The summed E-state index contributed by atoms with van der Waals surface area (Å²) in [6.07, 6.45) is 0.477. The first-order valence-electron chi connectivity index (χ1n) is 7.08. The Hall–Kier alpha value is -2.40. The molecule has 0 radical (unpaired) electrons. The van der Waals surface area contributed by atoms with Crippen LogP contribution in [0.25, 0.3) is 0 Å². The molecule has 2 aromatic carbocycles. The minimum atomic E-state index is -0.620. The molecule has 116 valence electrons. The minimum Gasteiger partial charge on any atom is -0.491 e. The van der Waals surface area contributed by atoms with Crippen LogP contribution in [0, 0.1) is 0 Å². The zero-order chi connectivity index (χ0) is 15.8. The first-order chi connectivity index (χ1) is 10.7. The maximum absolute atomic E-state index is 12.1. The fraction of sp³-hybridized carbons (Fsp3) is 0.235. The number of hydrogen-bond acceptors (Lipinski definition) is 3. The van der Waals surface area contributed by atoms with Crippen LogP contribution in [0.3, 0.4) is 0 Å². The van der Waals surface area contributed by atoms with Gasteiger partial charge in [0, 0.05) is 5.69 Å². The van der Waals surface area contributed by atoms with Crippen molar-refractivity contribution in [2.24, 2.45) is 5.73 Å². The Morgan fingerprint density at radius 3 is 2.45 bits per heavy atom. The van der Waals surface area contributed by atoms with Gasteiger partial charge in [-0.2, -0.15) is 0 Å². The number of alkyl halides is 1. The number of carbonyl (C=O) groups excluding carboxylic acids is 1. The Bertz CT molecular complexity index is 587. The first-order valence-corrected chi connectivity index (χ1v) is 7.08. The van der Waals surface area contributed by atoms with E-state index in [2.05, 4.69) is 5.32 Å². The van der Waals surface area contributed by atoms with E-state index in [4.69, 9.17) is 10.5 Å². The third kappa shape index (κ3) is 4.86. The average Bonchev–Trinajstić information content (AvgIpc) is 2.55. The molecule has 0 aromatic heterocycles. The van der Waals surface area contributed by atoms with Gasteiger partial charge in [-0.1, -0.05) is 30.3 Å². The van der Waals surface area contributed by atoms with Gasteiger partial charge in [0.05, 0.1) is 6.04 Å². The number of halogens is 1. The number of rotatable bonds is 7. The number of ether oxygens (including phenoxy) is 1. The molecular weight excluding hydrogens is 283 g/mol. The van der Waals surface area contributed by atoms with Crippen molar-refractivity contribution in [3.63, 3.8) is 0 Å². The number of anilines is 1. The topological polar surface area (TPSA) is 64.4 Å². The van der Waals surface area contributed by atoms with E-state index in [0.29, 0.717) is 17.9 Å².